The van der Waals surface area contributed by atoms with E-state index in [1.165, 1.54) is 42.5 Å². The highest BCUT2D eigenvalue weighted by Gasteiger charge is 2.41. The van der Waals surface area contributed by atoms with Crippen molar-refractivity contribution in [3.05, 3.63) is 237 Å². The first-order valence-corrected chi connectivity index (χ1v) is 22.3. The lowest BCUT2D eigenvalue weighted by molar-refractivity contribution is 0.673. The van der Waals surface area contributed by atoms with Gasteiger partial charge in [0, 0.05) is 27.5 Å². The number of rotatable bonds is 8. The molecule has 0 fully saturated rings. The SMILES string of the molecule is c1ccc(-c2cccc(N(c3ccc([Si](c4ccccc4)(c4ccccc4)c4ccc5ccccc5c4)cc3)c3cccc4c3oc3c5ccccc5ccc43)c2)cc1. The Kier molecular flexibility index (Phi) is 8.53. The normalized spacial score (nSPS) is 11.7. The number of furan rings is 1. The molecule has 11 aromatic rings. The van der Waals surface area contributed by atoms with E-state index in [0.717, 1.165) is 50.0 Å². The molecule has 0 aliphatic carbocycles. The largest absolute Gasteiger partial charge is 0.453 e. The zero-order chi connectivity index (χ0) is 39.2. The van der Waals surface area contributed by atoms with Crippen LogP contribution in [0.1, 0.15) is 0 Å². The molecule has 1 aromatic heterocycles. The highest BCUT2D eigenvalue weighted by molar-refractivity contribution is 7.20. The number of nitrogens with zero attached hydrogens (tertiary/aromatic N) is 1. The van der Waals surface area contributed by atoms with Gasteiger partial charge in [-0.05, 0) is 84.4 Å². The molecule has 0 radical (unpaired) electrons. The summed E-state index contributed by atoms with van der Waals surface area (Å²) in [6.07, 6.45) is 0. The standard InChI is InChI=1S/C56H39NOSi/c1-4-16-40(17-5-1)43-21-14-22-46(38-43)57(54-29-15-28-52-53-37-31-42-19-12-13-27-51(42)55(53)58-56(52)54)45-32-35-49(36-33-45)59(47-23-6-2-7-24-47,48-25-8-3-9-26-48)50-34-30-41-18-10-11-20-44(41)39-50/h1-39H. The van der Waals surface area contributed by atoms with Gasteiger partial charge < -0.3 is 9.32 Å². The van der Waals surface area contributed by atoms with Crippen LogP contribution in [0.5, 0.6) is 0 Å². The molecule has 0 spiro atoms. The maximum atomic E-state index is 6.99. The molecule has 0 unspecified atom stereocenters. The fraction of sp³-hybridized carbons (Fsp3) is 0. The number of benzene rings is 10. The molecule has 11 rings (SSSR count). The third-order valence-corrected chi connectivity index (χ3v) is 16.8. The second-order valence-corrected chi connectivity index (χ2v) is 19.1. The predicted octanol–water partition coefficient (Wildman–Crippen LogP) is 12.4. The monoisotopic (exact) mass is 769 g/mol. The molecule has 59 heavy (non-hydrogen) atoms. The van der Waals surface area contributed by atoms with Crippen molar-refractivity contribution in [1.29, 1.82) is 0 Å². The first kappa shape index (κ1) is 34.8. The van der Waals surface area contributed by atoms with Gasteiger partial charge in [-0.15, -0.1) is 0 Å². The van der Waals surface area contributed by atoms with Crippen LogP contribution in [-0.4, -0.2) is 8.07 Å². The van der Waals surface area contributed by atoms with Crippen molar-refractivity contribution in [2.45, 2.75) is 0 Å². The minimum atomic E-state index is -2.82. The molecule has 2 nitrogen and oxygen atoms in total. The topological polar surface area (TPSA) is 16.4 Å². The Morgan fingerprint density at radius 3 is 1.59 bits per heavy atom. The van der Waals surface area contributed by atoms with E-state index >= 15 is 0 Å². The summed E-state index contributed by atoms with van der Waals surface area (Å²) in [4.78, 5) is 2.37. The molecule has 0 amide bonds. The lowest BCUT2D eigenvalue weighted by Gasteiger charge is -2.35. The van der Waals surface area contributed by atoms with Gasteiger partial charge in [-0.2, -0.15) is 0 Å². The molecule has 10 aromatic carbocycles. The van der Waals surface area contributed by atoms with Gasteiger partial charge >= 0.3 is 0 Å². The van der Waals surface area contributed by atoms with Gasteiger partial charge in [0.15, 0.2) is 13.7 Å². The van der Waals surface area contributed by atoms with Crippen LogP contribution >= 0.6 is 0 Å². The van der Waals surface area contributed by atoms with E-state index in [2.05, 4.69) is 241 Å². The molecule has 0 saturated carbocycles. The summed E-state index contributed by atoms with van der Waals surface area (Å²) in [7, 11) is -2.82. The van der Waals surface area contributed by atoms with Crippen LogP contribution in [0.15, 0.2) is 241 Å². The summed E-state index contributed by atoms with van der Waals surface area (Å²) >= 11 is 0. The number of anilines is 3. The summed E-state index contributed by atoms with van der Waals surface area (Å²) in [5, 5.41) is 12.4. The van der Waals surface area contributed by atoms with Crippen molar-refractivity contribution in [2.75, 3.05) is 4.90 Å². The third-order valence-electron chi connectivity index (χ3n) is 12.0. The van der Waals surface area contributed by atoms with E-state index in [0.29, 0.717) is 0 Å². The number of hydrogen-bond acceptors (Lipinski definition) is 2. The number of fused-ring (bicyclic) bond motifs is 6. The van der Waals surface area contributed by atoms with E-state index < -0.39 is 8.07 Å². The van der Waals surface area contributed by atoms with Gasteiger partial charge in [0.1, 0.15) is 5.58 Å². The van der Waals surface area contributed by atoms with E-state index in [-0.39, 0.29) is 0 Å². The van der Waals surface area contributed by atoms with Gasteiger partial charge in [0.2, 0.25) is 0 Å². The summed E-state index contributed by atoms with van der Waals surface area (Å²) in [5.41, 5.74) is 7.21. The van der Waals surface area contributed by atoms with Crippen molar-refractivity contribution >= 4 is 89.4 Å². The van der Waals surface area contributed by atoms with Gasteiger partial charge in [-0.25, -0.2) is 0 Å². The maximum absolute atomic E-state index is 6.99. The summed E-state index contributed by atoms with van der Waals surface area (Å²) in [6.45, 7) is 0. The molecule has 0 aliphatic rings. The van der Waals surface area contributed by atoms with Crippen LogP contribution < -0.4 is 25.6 Å². The molecule has 3 heteroatoms. The first-order valence-electron chi connectivity index (χ1n) is 20.3. The molecule has 0 atom stereocenters. The molecule has 1 heterocycles. The van der Waals surface area contributed by atoms with Crippen LogP contribution in [-0.2, 0) is 0 Å². The lowest BCUT2D eigenvalue weighted by atomic mass is 10.0. The van der Waals surface area contributed by atoms with Gasteiger partial charge in [-0.1, -0.05) is 200 Å². The van der Waals surface area contributed by atoms with Crippen LogP contribution in [0.2, 0.25) is 0 Å². The van der Waals surface area contributed by atoms with Crippen molar-refractivity contribution in [3.63, 3.8) is 0 Å². The average molecular weight is 770 g/mol. The van der Waals surface area contributed by atoms with E-state index in [1.807, 2.05) is 0 Å². The van der Waals surface area contributed by atoms with Crippen molar-refractivity contribution < 1.29 is 4.42 Å². The molecular formula is C56H39NOSi. The minimum absolute atomic E-state index is 0.863. The second-order valence-electron chi connectivity index (χ2n) is 15.3. The predicted molar refractivity (Wildman–Crippen MR) is 252 cm³/mol. The Balaban J connectivity index is 1.15. The van der Waals surface area contributed by atoms with E-state index in [1.54, 1.807) is 0 Å². The van der Waals surface area contributed by atoms with Gasteiger partial charge in [0.05, 0.1) is 5.69 Å². The van der Waals surface area contributed by atoms with Gasteiger partial charge in [-0.3, -0.25) is 0 Å². The fourth-order valence-corrected chi connectivity index (χ4v) is 14.0. The lowest BCUT2D eigenvalue weighted by Crippen LogP contribution is -2.74. The Labute approximate surface area is 344 Å². The zero-order valence-electron chi connectivity index (χ0n) is 32.4. The highest BCUT2D eigenvalue weighted by Crippen LogP contribution is 2.44. The Bertz CT molecular complexity index is 3230. The first-order chi connectivity index (χ1) is 29.3. The van der Waals surface area contributed by atoms with Crippen molar-refractivity contribution in [3.8, 4) is 11.1 Å². The highest BCUT2D eigenvalue weighted by atomic mass is 28.3. The molecular weight excluding hydrogens is 731 g/mol. The van der Waals surface area contributed by atoms with Crippen LogP contribution in [0.3, 0.4) is 0 Å². The molecule has 0 aliphatic heterocycles. The Morgan fingerprint density at radius 2 is 0.847 bits per heavy atom. The molecule has 278 valence electrons. The van der Waals surface area contributed by atoms with Crippen LogP contribution in [0, 0.1) is 0 Å². The third kappa shape index (κ3) is 5.86. The van der Waals surface area contributed by atoms with Crippen molar-refractivity contribution in [2.24, 2.45) is 0 Å². The van der Waals surface area contributed by atoms with Crippen LogP contribution in [0.25, 0.3) is 54.6 Å². The average Bonchev–Trinajstić information content (AvgIpc) is 3.71. The Hall–Kier alpha value is -7.46. The number of para-hydroxylation sites is 1. The summed E-state index contributed by atoms with van der Waals surface area (Å²) < 4.78 is 6.99. The fourth-order valence-electron chi connectivity index (χ4n) is 9.23. The molecule has 0 saturated heterocycles. The summed E-state index contributed by atoms with van der Waals surface area (Å²) in [5.74, 6) is 0. The quantitative estimate of drug-likeness (QED) is 0.113. The van der Waals surface area contributed by atoms with E-state index in [4.69, 9.17) is 4.42 Å². The second kappa shape index (κ2) is 14.5. The van der Waals surface area contributed by atoms with Crippen molar-refractivity contribution in [1.82, 2.24) is 0 Å². The van der Waals surface area contributed by atoms with E-state index in [9.17, 15) is 0 Å². The zero-order valence-corrected chi connectivity index (χ0v) is 33.4. The maximum Gasteiger partial charge on any atom is 0.179 e. The van der Waals surface area contributed by atoms with Gasteiger partial charge in [0.25, 0.3) is 0 Å². The minimum Gasteiger partial charge on any atom is -0.453 e. The molecule has 0 N–H and O–H groups in total. The molecule has 0 bridgehead atoms. The Morgan fingerprint density at radius 1 is 0.305 bits per heavy atom. The smallest absolute Gasteiger partial charge is 0.179 e. The van der Waals surface area contributed by atoms with Crippen LogP contribution in [0.4, 0.5) is 17.1 Å². The number of hydrogen-bond donors (Lipinski definition) is 0. The summed E-state index contributed by atoms with van der Waals surface area (Å²) in [6, 6.07) is 86.4.